The van der Waals surface area contributed by atoms with Crippen LogP contribution in [0.3, 0.4) is 0 Å². The molecule has 1 heterocycles. The van der Waals surface area contributed by atoms with Gasteiger partial charge in [0.05, 0.1) is 11.2 Å². The van der Waals surface area contributed by atoms with Crippen LogP contribution in [-0.4, -0.2) is 4.98 Å². The minimum atomic E-state index is 0.470. The van der Waals surface area contributed by atoms with Crippen molar-refractivity contribution in [2.45, 2.75) is 44.9 Å². The minimum absolute atomic E-state index is 0.470. The molecule has 2 aliphatic carbocycles. The molecule has 0 aliphatic heterocycles. The van der Waals surface area contributed by atoms with Crippen molar-refractivity contribution in [2.75, 3.05) is 5.32 Å². The first-order valence-electron chi connectivity index (χ1n) is 9.56. The monoisotopic (exact) mass is 328 g/mol. The summed E-state index contributed by atoms with van der Waals surface area (Å²) in [6.45, 7) is 0. The van der Waals surface area contributed by atoms with E-state index in [1.165, 1.54) is 60.9 Å². The number of aromatic nitrogens is 1. The second-order valence-electron chi connectivity index (χ2n) is 7.83. The van der Waals surface area contributed by atoms with Crippen LogP contribution in [0, 0.1) is 5.41 Å². The summed E-state index contributed by atoms with van der Waals surface area (Å²) in [5, 5.41) is 4.98. The molecule has 0 radical (unpaired) electrons. The summed E-state index contributed by atoms with van der Waals surface area (Å²) in [5.74, 6) is 0. The Morgan fingerprint density at radius 3 is 2.40 bits per heavy atom. The Labute approximate surface area is 149 Å². The van der Waals surface area contributed by atoms with Crippen molar-refractivity contribution in [1.29, 1.82) is 0 Å². The number of para-hydroxylation sites is 2. The number of anilines is 2. The fourth-order valence-electron chi connectivity index (χ4n) is 4.90. The number of hydrogen-bond acceptors (Lipinski definition) is 2. The molecule has 1 aromatic heterocycles. The van der Waals surface area contributed by atoms with Gasteiger partial charge in [-0.25, -0.2) is 0 Å². The van der Waals surface area contributed by atoms with Crippen molar-refractivity contribution in [3.8, 4) is 0 Å². The van der Waals surface area contributed by atoms with Crippen LogP contribution in [-0.2, 0) is 12.8 Å². The second kappa shape index (κ2) is 5.87. The van der Waals surface area contributed by atoms with Crippen LogP contribution >= 0.6 is 0 Å². The van der Waals surface area contributed by atoms with E-state index >= 15 is 0 Å². The summed E-state index contributed by atoms with van der Waals surface area (Å²) in [5.41, 5.74) is 6.83. The highest BCUT2D eigenvalue weighted by atomic mass is 14.9. The first-order chi connectivity index (χ1) is 12.3. The van der Waals surface area contributed by atoms with Crippen molar-refractivity contribution >= 4 is 22.3 Å². The molecule has 0 atom stereocenters. The lowest BCUT2D eigenvalue weighted by Gasteiger charge is -2.33. The van der Waals surface area contributed by atoms with Gasteiger partial charge in [-0.05, 0) is 54.9 Å². The maximum atomic E-state index is 5.07. The highest BCUT2D eigenvalue weighted by Gasteiger charge is 2.40. The second-order valence-corrected chi connectivity index (χ2v) is 7.83. The lowest BCUT2D eigenvalue weighted by molar-refractivity contribution is 0.202. The summed E-state index contributed by atoms with van der Waals surface area (Å²) in [6.07, 6.45) is 9.26. The Morgan fingerprint density at radius 2 is 1.56 bits per heavy atom. The van der Waals surface area contributed by atoms with Gasteiger partial charge in [0.15, 0.2) is 0 Å². The zero-order chi connectivity index (χ0) is 16.7. The molecule has 2 heteroatoms. The maximum Gasteiger partial charge on any atom is 0.0726 e. The zero-order valence-electron chi connectivity index (χ0n) is 14.6. The lowest BCUT2D eigenvalue weighted by atomic mass is 9.72. The molecule has 0 bridgehead atoms. The van der Waals surface area contributed by atoms with E-state index in [0.717, 1.165) is 17.6 Å². The maximum absolute atomic E-state index is 5.07. The van der Waals surface area contributed by atoms with Crippen molar-refractivity contribution in [3.63, 3.8) is 0 Å². The highest BCUT2D eigenvalue weighted by Crippen LogP contribution is 2.50. The van der Waals surface area contributed by atoms with E-state index in [2.05, 4.69) is 59.9 Å². The van der Waals surface area contributed by atoms with Gasteiger partial charge < -0.3 is 5.32 Å². The SMILES string of the molecule is c1ccc(Nc2c3c(nc4ccccc24)CC2(CCCCC2)C3)cc1. The normalized spacial score (nSPS) is 18.4. The number of fused-ring (bicyclic) bond motifs is 2. The first-order valence-corrected chi connectivity index (χ1v) is 9.56. The van der Waals surface area contributed by atoms with E-state index in [9.17, 15) is 0 Å². The van der Waals surface area contributed by atoms with E-state index in [1.807, 2.05) is 0 Å². The largest absolute Gasteiger partial charge is 0.355 e. The zero-order valence-corrected chi connectivity index (χ0v) is 14.6. The Morgan fingerprint density at radius 1 is 0.800 bits per heavy atom. The number of benzene rings is 2. The van der Waals surface area contributed by atoms with Crippen LogP contribution in [0.25, 0.3) is 10.9 Å². The fraction of sp³-hybridized carbons (Fsp3) is 0.348. The first kappa shape index (κ1) is 14.9. The Bertz CT molecular complexity index is 908. The molecule has 1 fully saturated rings. The third kappa shape index (κ3) is 2.60. The van der Waals surface area contributed by atoms with Crippen LogP contribution in [0.1, 0.15) is 43.4 Å². The van der Waals surface area contributed by atoms with Gasteiger partial charge in [-0.3, -0.25) is 4.98 Å². The number of hydrogen-bond donors (Lipinski definition) is 1. The minimum Gasteiger partial charge on any atom is -0.355 e. The smallest absolute Gasteiger partial charge is 0.0726 e. The van der Waals surface area contributed by atoms with Gasteiger partial charge in [0.1, 0.15) is 0 Å². The van der Waals surface area contributed by atoms with Crippen molar-refractivity contribution < 1.29 is 0 Å². The molecule has 25 heavy (non-hydrogen) atoms. The molecule has 2 nitrogen and oxygen atoms in total. The fourth-order valence-corrected chi connectivity index (χ4v) is 4.90. The predicted octanol–water partition coefficient (Wildman–Crippen LogP) is 6.03. The molecule has 126 valence electrons. The quantitative estimate of drug-likeness (QED) is 0.621. The number of nitrogens with one attached hydrogen (secondary N) is 1. The van der Waals surface area contributed by atoms with Gasteiger partial charge in [0.25, 0.3) is 0 Å². The molecule has 1 spiro atoms. The molecule has 0 amide bonds. The van der Waals surface area contributed by atoms with Gasteiger partial charge >= 0.3 is 0 Å². The predicted molar refractivity (Wildman–Crippen MR) is 104 cm³/mol. The number of rotatable bonds is 2. The van der Waals surface area contributed by atoms with E-state index < -0.39 is 0 Å². The number of pyridine rings is 1. The molecular weight excluding hydrogens is 304 g/mol. The molecule has 0 saturated heterocycles. The average molecular weight is 328 g/mol. The van der Waals surface area contributed by atoms with E-state index in [-0.39, 0.29) is 0 Å². The van der Waals surface area contributed by atoms with Crippen LogP contribution < -0.4 is 5.32 Å². The van der Waals surface area contributed by atoms with Gasteiger partial charge in [0.2, 0.25) is 0 Å². The lowest BCUT2D eigenvalue weighted by Crippen LogP contribution is -2.24. The summed E-state index contributed by atoms with van der Waals surface area (Å²) in [4.78, 5) is 5.07. The van der Waals surface area contributed by atoms with Gasteiger partial charge in [0, 0.05) is 16.8 Å². The topological polar surface area (TPSA) is 24.9 Å². The molecule has 2 aromatic carbocycles. The van der Waals surface area contributed by atoms with Crippen LogP contribution in [0.2, 0.25) is 0 Å². The van der Waals surface area contributed by atoms with Gasteiger partial charge in [-0.2, -0.15) is 0 Å². The van der Waals surface area contributed by atoms with Crippen molar-refractivity contribution in [2.24, 2.45) is 5.41 Å². The van der Waals surface area contributed by atoms with Gasteiger partial charge in [-0.15, -0.1) is 0 Å². The Kier molecular flexibility index (Phi) is 3.51. The summed E-state index contributed by atoms with van der Waals surface area (Å²) in [6, 6.07) is 19.1. The van der Waals surface area contributed by atoms with Crippen LogP contribution in [0.15, 0.2) is 54.6 Å². The molecule has 3 aromatic rings. The molecule has 1 N–H and O–H groups in total. The molecule has 2 aliphatic rings. The molecule has 1 saturated carbocycles. The molecule has 5 rings (SSSR count). The third-order valence-corrected chi connectivity index (χ3v) is 6.13. The summed E-state index contributed by atoms with van der Waals surface area (Å²) < 4.78 is 0. The standard InChI is InChI=1S/C23H24N2/c1-3-9-17(10-4-1)24-22-18-11-5-6-12-20(18)25-21-16-23(15-19(21)22)13-7-2-8-14-23/h1,3-6,9-12H,2,7-8,13-16H2,(H,24,25). The van der Waals surface area contributed by atoms with Gasteiger partial charge in [-0.1, -0.05) is 55.7 Å². The van der Waals surface area contributed by atoms with Crippen molar-refractivity contribution in [1.82, 2.24) is 4.98 Å². The van der Waals surface area contributed by atoms with E-state index in [4.69, 9.17) is 4.98 Å². The van der Waals surface area contributed by atoms with Crippen molar-refractivity contribution in [3.05, 3.63) is 65.9 Å². The number of nitrogens with zero attached hydrogens (tertiary/aromatic N) is 1. The third-order valence-electron chi connectivity index (χ3n) is 6.13. The highest BCUT2D eigenvalue weighted by molar-refractivity contribution is 5.95. The summed E-state index contributed by atoms with van der Waals surface area (Å²) >= 11 is 0. The average Bonchev–Trinajstić information content (AvgIpc) is 3.00. The van der Waals surface area contributed by atoms with Crippen LogP contribution in [0.5, 0.6) is 0 Å². The van der Waals surface area contributed by atoms with E-state index in [1.54, 1.807) is 0 Å². The molecular formula is C23H24N2. The summed E-state index contributed by atoms with van der Waals surface area (Å²) in [7, 11) is 0. The van der Waals surface area contributed by atoms with E-state index in [0.29, 0.717) is 5.41 Å². The Hall–Kier alpha value is -2.35. The molecule has 0 unspecified atom stereocenters. The van der Waals surface area contributed by atoms with Crippen LogP contribution in [0.4, 0.5) is 11.4 Å². The Balaban J connectivity index is 1.64.